The lowest BCUT2D eigenvalue weighted by atomic mass is 10.1. The number of aliphatic carboxylic acids is 1. The van der Waals surface area contributed by atoms with Crippen LogP contribution >= 0.6 is 0 Å². The molecule has 5 nitrogen and oxygen atoms in total. The summed E-state index contributed by atoms with van der Waals surface area (Å²) in [5, 5.41) is 8.91. The predicted octanol–water partition coefficient (Wildman–Crippen LogP) is 1.60. The first-order chi connectivity index (χ1) is 10.4. The van der Waals surface area contributed by atoms with Gasteiger partial charge in [0.2, 0.25) is 5.91 Å². The van der Waals surface area contributed by atoms with Crippen LogP contribution < -0.4 is 0 Å². The van der Waals surface area contributed by atoms with E-state index in [4.69, 9.17) is 9.84 Å². The van der Waals surface area contributed by atoms with Crippen molar-refractivity contribution in [2.75, 3.05) is 13.7 Å². The van der Waals surface area contributed by atoms with Crippen LogP contribution in [0.2, 0.25) is 0 Å². The highest BCUT2D eigenvalue weighted by Gasteiger charge is 2.36. The van der Waals surface area contributed by atoms with E-state index < -0.39 is 36.0 Å². The molecule has 2 atom stereocenters. The highest BCUT2D eigenvalue weighted by molar-refractivity contribution is 5.80. The summed E-state index contributed by atoms with van der Waals surface area (Å²) in [4.78, 5) is 24.5. The van der Waals surface area contributed by atoms with E-state index in [-0.39, 0.29) is 24.6 Å². The number of methoxy groups -OCH3 is 1. The van der Waals surface area contributed by atoms with E-state index in [0.717, 1.165) is 12.1 Å². The fourth-order valence-corrected chi connectivity index (χ4v) is 2.70. The number of carboxylic acids is 1. The molecule has 0 bridgehead atoms. The number of carbonyl (C=O) groups is 2. The van der Waals surface area contributed by atoms with Gasteiger partial charge in [-0.3, -0.25) is 9.59 Å². The van der Waals surface area contributed by atoms with Crippen LogP contribution in [0.3, 0.4) is 0 Å². The Bertz CT molecular complexity index is 558. The Balaban J connectivity index is 2.14. The molecular formula is C15H17F2NO4. The summed E-state index contributed by atoms with van der Waals surface area (Å²) in [7, 11) is 1.48. The molecule has 7 heteroatoms. The molecule has 1 heterocycles. The smallest absolute Gasteiger partial charge is 0.305 e. The standard InChI is InChI=1S/C15H17F2NO4/c1-22-10-5-9(6-15(20)21)18(8-10)14(19)7-11-12(16)3-2-4-13(11)17/h2-4,9-10H,5-8H2,1H3,(H,20,21). The number of ether oxygens (including phenoxy) is 1. The van der Waals surface area contributed by atoms with E-state index in [9.17, 15) is 18.4 Å². The summed E-state index contributed by atoms with van der Waals surface area (Å²) < 4.78 is 32.4. The van der Waals surface area contributed by atoms with Crippen LogP contribution in [0.4, 0.5) is 8.78 Å². The zero-order valence-corrected chi connectivity index (χ0v) is 12.1. The molecule has 0 radical (unpaired) electrons. The fraction of sp³-hybridized carbons (Fsp3) is 0.467. The zero-order chi connectivity index (χ0) is 16.3. The van der Waals surface area contributed by atoms with Gasteiger partial charge < -0.3 is 14.7 Å². The summed E-state index contributed by atoms with van der Waals surface area (Å²) in [6, 6.07) is 2.87. The number of hydrogen-bond donors (Lipinski definition) is 1. The average molecular weight is 313 g/mol. The second-order valence-electron chi connectivity index (χ2n) is 5.27. The maximum atomic E-state index is 13.6. The second kappa shape index (κ2) is 6.83. The summed E-state index contributed by atoms with van der Waals surface area (Å²) >= 11 is 0. The van der Waals surface area contributed by atoms with Gasteiger partial charge in [-0.05, 0) is 18.6 Å². The minimum atomic E-state index is -1.03. The van der Waals surface area contributed by atoms with Crippen molar-refractivity contribution in [1.29, 1.82) is 0 Å². The molecular weight excluding hydrogens is 296 g/mol. The van der Waals surface area contributed by atoms with Gasteiger partial charge in [0.1, 0.15) is 11.6 Å². The minimum absolute atomic E-state index is 0.217. The Morgan fingerprint density at radius 3 is 2.55 bits per heavy atom. The van der Waals surface area contributed by atoms with Gasteiger partial charge in [0.25, 0.3) is 0 Å². The lowest BCUT2D eigenvalue weighted by Crippen LogP contribution is -2.38. The highest BCUT2D eigenvalue weighted by atomic mass is 19.1. The molecule has 1 aromatic carbocycles. The second-order valence-corrected chi connectivity index (χ2v) is 5.27. The van der Waals surface area contributed by atoms with Gasteiger partial charge in [0.05, 0.1) is 18.9 Å². The number of carboxylic acid groups (broad SMARTS) is 1. The fourth-order valence-electron chi connectivity index (χ4n) is 2.70. The Morgan fingerprint density at radius 1 is 1.36 bits per heavy atom. The van der Waals surface area contributed by atoms with Crippen LogP contribution in [0.25, 0.3) is 0 Å². The third-order valence-electron chi connectivity index (χ3n) is 3.83. The van der Waals surface area contributed by atoms with E-state index in [1.165, 1.54) is 18.1 Å². The lowest BCUT2D eigenvalue weighted by molar-refractivity contribution is -0.139. The van der Waals surface area contributed by atoms with Gasteiger partial charge in [-0.2, -0.15) is 0 Å². The van der Waals surface area contributed by atoms with E-state index in [0.29, 0.717) is 6.42 Å². The molecule has 120 valence electrons. The van der Waals surface area contributed by atoms with Crippen molar-refractivity contribution in [3.05, 3.63) is 35.4 Å². The number of hydrogen-bond acceptors (Lipinski definition) is 3. The van der Waals surface area contributed by atoms with Gasteiger partial charge in [0, 0.05) is 25.3 Å². The largest absolute Gasteiger partial charge is 0.481 e. The summed E-state index contributed by atoms with van der Waals surface area (Å²) in [5.74, 6) is -3.11. The SMILES string of the molecule is COC1CC(CC(=O)O)N(C(=O)Cc2c(F)cccc2F)C1. The van der Waals surface area contributed by atoms with Gasteiger partial charge in [0.15, 0.2) is 0 Å². The molecule has 1 N–H and O–H groups in total. The monoisotopic (exact) mass is 313 g/mol. The molecule has 2 rings (SSSR count). The van der Waals surface area contributed by atoms with Crippen LogP contribution in [0.5, 0.6) is 0 Å². The normalized spacial score (nSPS) is 21.1. The predicted molar refractivity (Wildman–Crippen MR) is 73.2 cm³/mol. The van der Waals surface area contributed by atoms with Crippen molar-refractivity contribution in [3.63, 3.8) is 0 Å². The van der Waals surface area contributed by atoms with Crippen LogP contribution in [-0.2, 0) is 20.7 Å². The third-order valence-corrected chi connectivity index (χ3v) is 3.83. The van der Waals surface area contributed by atoms with Crippen LogP contribution in [0.15, 0.2) is 18.2 Å². The maximum absolute atomic E-state index is 13.6. The van der Waals surface area contributed by atoms with Gasteiger partial charge >= 0.3 is 5.97 Å². The Kier molecular flexibility index (Phi) is 5.07. The molecule has 2 unspecified atom stereocenters. The van der Waals surface area contributed by atoms with Crippen LogP contribution in [0, 0.1) is 11.6 Å². The first-order valence-corrected chi connectivity index (χ1v) is 6.89. The molecule has 22 heavy (non-hydrogen) atoms. The average Bonchev–Trinajstić information content (AvgIpc) is 2.85. The minimum Gasteiger partial charge on any atom is -0.481 e. The molecule has 1 saturated heterocycles. The van der Waals surface area contributed by atoms with Crippen molar-refractivity contribution >= 4 is 11.9 Å². The molecule has 0 aromatic heterocycles. The topological polar surface area (TPSA) is 66.8 Å². The molecule has 0 saturated carbocycles. The van der Waals surface area contributed by atoms with E-state index >= 15 is 0 Å². The quantitative estimate of drug-likeness (QED) is 0.896. The molecule has 1 aromatic rings. The van der Waals surface area contributed by atoms with Crippen LogP contribution in [0.1, 0.15) is 18.4 Å². The number of nitrogens with zero attached hydrogens (tertiary/aromatic N) is 1. The number of amides is 1. The number of benzene rings is 1. The van der Waals surface area contributed by atoms with Crippen molar-refractivity contribution < 1.29 is 28.2 Å². The number of likely N-dealkylation sites (tertiary alicyclic amines) is 1. The first kappa shape index (κ1) is 16.4. The molecule has 1 amide bonds. The molecule has 1 aliphatic heterocycles. The summed E-state index contributed by atoms with van der Waals surface area (Å²) in [6.07, 6.45) is -0.524. The molecule has 1 aliphatic rings. The van der Waals surface area contributed by atoms with Crippen molar-refractivity contribution in [2.24, 2.45) is 0 Å². The summed E-state index contributed by atoms with van der Waals surface area (Å²) in [5.41, 5.74) is -0.303. The van der Waals surface area contributed by atoms with Gasteiger partial charge in [-0.25, -0.2) is 8.78 Å². The van der Waals surface area contributed by atoms with Crippen molar-refractivity contribution in [3.8, 4) is 0 Å². The van der Waals surface area contributed by atoms with Crippen LogP contribution in [-0.4, -0.2) is 47.7 Å². The van der Waals surface area contributed by atoms with E-state index in [1.807, 2.05) is 0 Å². The Labute approximate surface area is 126 Å². The zero-order valence-electron chi connectivity index (χ0n) is 12.1. The van der Waals surface area contributed by atoms with E-state index in [1.54, 1.807) is 0 Å². The molecule has 0 aliphatic carbocycles. The number of rotatable bonds is 5. The molecule has 1 fully saturated rings. The van der Waals surface area contributed by atoms with Crippen molar-refractivity contribution in [1.82, 2.24) is 4.90 Å². The maximum Gasteiger partial charge on any atom is 0.305 e. The lowest BCUT2D eigenvalue weighted by Gasteiger charge is -2.23. The van der Waals surface area contributed by atoms with Gasteiger partial charge in [-0.15, -0.1) is 0 Å². The van der Waals surface area contributed by atoms with Gasteiger partial charge in [-0.1, -0.05) is 6.07 Å². The number of carbonyl (C=O) groups excluding carboxylic acids is 1. The third kappa shape index (κ3) is 3.59. The Morgan fingerprint density at radius 2 is 2.00 bits per heavy atom. The Hall–Kier alpha value is -2.02. The van der Waals surface area contributed by atoms with E-state index in [2.05, 4.69) is 0 Å². The number of halogens is 2. The highest BCUT2D eigenvalue weighted by Crippen LogP contribution is 2.24. The first-order valence-electron chi connectivity index (χ1n) is 6.89. The summed E-state index contributed by atoms with van der Waals surface area (Å²) in [6.45, 7) is 0.226. The molecule has 0 spiro atoms. The van der Waals surface area contributed by atoms with Crippen molar-refractivity contribution in [2.45, 2.75) is 31.4 Å².